The van der Waals surface area contributed by atoms with E-state index in [-0.39, 0.29) is 23.9 Å². The fourth-order valence-electron chi connectivity index (χ4n) is 2.73. The highest BCUT2D eigenvalue weighted by atomic mass is 19.4. The van der Waals surface area contributed by atoms with E-state index in [9.17, 15) is 22.8 Å². The maximum Gasteiger partial charge on any atom is 0.416 e. The van der Waals surface area contributed by atoms with Gasteiger partial charge in [0, 0.05) is 25.2 Å². The zero-order valence-corrected chi connectivity index (χ0v) is 14.3. The second-order valence-electron chi connectivity index (χ2n) is 6.46. The molecule has 0 radical (unpaired) electrons. The molecule has 1 aliphatic rings. The van der Waals surface area contributed by atoms with E-state index in [1.54, 1.807) is 4.90 Å². The van der Waals surface area contributed by atoms with E-state index in [4.69, 9.17) is 0 Å². The van der Waals surface area contributed by atoms with Gasteiger partial charge in [0.25, 0.3) is 0 Å². The van der Waals surface area contributed by atoms with Gasteiger partial charge in [0.15, 0.2) is 0 Å². The minimum absolute atomic E-state index is 0.0636. The minimum Gasteiger partial charge on any atom is -0.342 e. The second kappa shape index (κ2) is 7.86. The van der Waals surface area contributed by atoms with Gasteiger partial charge in [0.1, 0.15) is 0 Å². The Morgan fingerprint density at radius 1 is 1.28 bits per heavy atom. The van der Waals surface area contributed by atoms with E-state index in [1.807, 2.05) is 19.0 Å². The predicted molar refractivity (Wildman–Crippen MR) is 87.9 cm³/mol. The van der Waals surface area contributed by atoms with Crippen molar-refractivity contribution in [2.24, 2.45) is 5.92 Å². The highest BCUT2D eigenvalue weighted by Gasteiger charge is 2.34. The lowest BCUT2D eigenvalue weighted by molar-refractivity contribution is -0.137. The normalized spacial score (nSPS) is 18.1. The summed E-state index contributed by atoms with van der Waals surface area (Å²) in [5.74, 6) is -0.885. The highest BCUT2D eigenvalue weighted by molar-refractivity contribution is 5.97. The Bertz CT molecular complexity index is 615. The SMILES string of the molecule is CN(C)CCCN1CC(C(=O)Nc2ccc(C(F)(F)F)cc2)CC1=O. The molecule has 138 valence electrons. The standard InChI is InChI=1S/C17H22F3N3O2/c1-22(2)8-3-9-23-11-12(10-15(23)24)16(25)21-14-6-4-13(5-7-14)17(18,19)20/h4-7,12H,3,8-11H2,1-2H3,(H,21,25). The van der Waals surface area contributed by atoms with E-state index in [2.05, 4.69) is 5.32 Å². The number of nitrogens with zero attached hydrogens (tertiary/aromatic N) is 2. The average molecular weight is 357 g/mol. The van der Waals surface area contributed by atoms with Gasteiger partial charge in [0.05, 0.1) is 11.5 Å². The van der Waals surface area contributed by atoms with Crippen LogP contribution in [0.4, 0.5) is 18.9 Å². The van der Waals surface area contributed by atoms with E-state index in [1.165, 1.54) is 12.1 Å². The van der Waals surface area contributed by atoms with Crippen molar-refractivity contribution in [3.63, 3.8) is 0 Å². The van der Waals surface area contributed by atoms with E-state index in [0.29, 0.717) is 13.1 Å². The van der Waals surface area contributed by atoms with Crippen molar-refractivity contribution in [3.05, 3.63) is 29.8 Å². The number of halogens is 3. The molecule has 1 aromatic carbocycles. The maximum absolute atomic E-state index is 12.5. The lowest BCUT2D eigenvalue weighted by Crippen LogP contribution is -2.30. The van der Waals surface area contributed by atoms with Gasteiger partial charge in [-0.1, -0.05) is 0 Å². The van der Waals surface area contributed by atoms with Crippen LogP contribution in [-0.4, -0.2) is 55.3 Å². The zero-order valence-electron chi connectivity index (χ0n) is 14.3. The molecule has 2 amide bonds. The molecule has 1 heterocycles. The quantitative estimate of drug-likeness (QED) is 0.851. The van der Waals surface area contributed by atoms with Gasteiger partial charge in [0.2, 0.25) is 11.8 Å². The molecule has 1 atom stereocenters. The predicted octanol–water partition coefficient (Wildman–Crippen LogP) is 2.44. The van der Waals surface area contributed by atoms with Gasteiger partial charge < -0.3 is 15.1 Å². The molecular formula is C17H22F3N3O2. The first-order valence-electron chi connectivity index (χ1n) is 8.07. The molecular weight excluding hydrogens is 335 g/mol. The smallest absolute Gasteiger partial charge is 0.342 e. The Labute approximate surface area is 144 Å². The van der Waals surface area contributed by atoms with Crippen molar-refractivity contribution < 1.29 is 22.8 Å². The van der Waals surface area contributed by atoms with Crippen LogP contribution in [0.25, 0.3) is 0 Å². The Kier molecular flexibility index (Phi) is 6.05. The fourth-order valence-corrected chi connectivity index (χ4v) is 2.73. The van der Waals surface area contributed by atoms with E-state index >= 15 is 0 Å². The Hall–Kier alpha value is -2.09. The number of carbonyl (C=O) groups excluding carboxylic acids is 2. The maximum atomic E-state index is 12.5. The first kappa shape index (κ1) is 19.2. The summed E-state index contributed by atoms with van der Waals surface area (Å²) >= 11 is 0. The molecule has 1 aromatic rings. The van der Waals surface area contributed by atoms with Crippen LogP contribution in [0.5, 0.6) is 0 Å². The topological polar surface area (TPSA) is 52.6 Å². The number of rotatable bonds is 6. The monoisotopic (exact) mass is 357 g/mol. The van der Waals surface area contributed by atoms with E-state index < -0.39 is 17.7 Å². The molecule has 1 N–H and O–H groups in total. The molecule has 1 saturated heterocycles. The van der Waals surface area contributed by atoms with Gasteiger partial charge in [-0.2, -0.15) is 13.2 Å². The number of carbonyl (C=O) groups is 2. The minimum atomic E-state index is -4.41. The van der Waals surface area contributed by atoms with Crippen molar-refractivity contribution in [2.45, 2.75) is 19.0 Å². The third-order valence-electron chi connectivity index (χ3n) is 4.10. The van der Waals surface area contributed by atoms with Gasteiger partial charge >= 0.3 is 6.18 Å². The number of likely N-dealkylation sites (tertiary alicyclic amines) is 1. The number of amides is 2. The molecule has 0 aromatic heterocycles. The second-order valence-corrected chi connectivity index (χ2v) is 6.46. The molecule has 5 nitrogen and oxygen atoms in total. The van der Waals surface area contributed by atoms with Crippen LogP contribution in [0.15, 0.2) is 24.3 Å². The van der Waals surface area contributed by atoms with Crippen LogP contribution >= 0.6 is 0 Å². The molecule has 25 heavy (non-hydrogen) atoms. The molecule has 0 bridgehead atoms. The molecule has 0 saturated carbocycles. The van der Waals surface area contributed by atoms with Crippen molar-refractivity contribution in [2.75, 3.05) is 39.0 Å². The van der Waals surface area contributed by atoms with Crippen LogP contribution in [0, 0.1) is 5.92 Å². The molecule has 2 rings (SSSR count). The summed E-state index contributed by atoms with van der Waals surface area (Å²) in [5, 5.41) is 2.58. The number of hydrogen-bond acceptors (Lipinski definition) is 3. The van der Waals surface area contributed by atoms with Crippen LogP contribution in [0.3, 0.4) is 0 Å². The Balaban J connectivity index is 1.88. The van der Waals surface area contributed by atoms with Crippen LogP contribution in [0.1, 0.15) is 18.4 Å². The third kappa shape index (κ3) is 5.45. The van der Waals surface area contributed by atoms with Crippen LogP contribution in [0.2, 0.25) is 0 Å². The summed E-state index contributed by atoms with van der Waals surface area (Å²) < 4.78 is 37.6. The number of nitrogens with one attached hydrogen (secondary N) is 1. The number of benzene rings is 1. The summed E-state index contributed by atoms with van der Waals surface area (Å²) in [5.41, 5.74) is -0.481. The van der Waals surface area contributed by atoms with Crippen molar-refractivity contribution in [1.82, 2.24) is 9.80 Å². The fraction of sp³-hybridized carbons (Fsp3) is 0.529. The molecule has 1 aliphatic heterocycles. The molecule has 0 spiro atoms. The summed E-state index contributed by atoms with van der Waals surface area (Å²) in [4.78, 5) is 27.9. The largest absolute Gasteiger partial charge is 0.416 e. The molecule has 1 fully saturated rings. The number of hydrogen-bond donors (Lipinski definition) is 1. The van der Waals surface area contributed by atoms with Crippen molar-refractivity contribution >= 4 is 17.5 Å². The third-order valence-corrected chi connectivity index (χ3v) is 4.10. The van der Waals surface area contributed by atoms with Gasteiger partial charge in [-0.15, -0.1) is 0 Å². The van der Waals surface area contributed by atoms with Gasteiger partial charge in [-0.25, -0.2) is 0 Å². The first-order chi connectivity index (χ1) is 11.7. The van der Waals surface area contributed by atoms with Gasteiger partial charge in [-0.05, 0) is 51.3 Å². The van der Waals surface area contributed by atoms with Crippen LogP contribution < -0.4 is 5.32 Å². The summed E-state index contributed by atoms with van der Waals surface area (Å²) in [7, 11) is 3.90. The number of anilines is 1. The average Bonchev–Trinajstić information content (AvgIpc) is 2.88. The van der Waals surface area contributed by atoms with Crippen molar-refractivity contribution in [1.29, 1.82) is 0 Å². The summed E-state index contributed by atoms with van der Waals surface area (Å²) in [6, 6.07) is 4.27. The molecule has 8 heteroatoms. The molecule has 0 aliphatic carbocycles. The van der Waals surface area contributed by atoms with Crippen LogP contribution in [-0.2, 0) is 15.8 Å². The lowest BCUT2D eigenvalue weighted by atomic mass is 10.1. The highest BCUT2D eigenvalue weighted by Crippen LogP contribution is 2.30. The zero-order chi connectivity index (χ0) is 18.6. The van der Waals surface area contributed by atoms with Crippen molar-refractivity contribution in [3.8, 4) is 0 Å². The molecule has 1 unspecified atom stereocenters. The Morgan fingerprint density at radius 3 is 2.48 bits per heavy atom. The first-order valence-corrected chi connectivity index (χ1v) is 8.07. The van der Waals surface area contributed by atoms with E-state index in [0.717, 1.165) is 25.1 Å². The van der Waals surface area contributed by atoms with Gasteiger partial charge in [-0.3, -0.25) is 9.59 Å². The summed E-state index contributed by atoms with van der Waals surface area (Å²) in [6.45, 7) is 1.80. The Morgan fingerprint density at radius 2 is 1.92 bits per heavy atom. The number of alkyl halides is 3. The lowest BCUT2D eigenvalue weighted by Gasteiger charge is -2.18. The summed E-state index contributed by atoms with van der Waals surface area (Å²) in [6.07, 6.45) is -3.45.